The van der Waals surface area contributed by atoms with Crippen molar-refractivity contribution in [3.63, 3.8) is 0 Å². The van der Waals surface area contributed by atoms with Crippen molar-refractivity contribution >= 4 is 11.8 Å². The fraction of sp³-hybridized carbons (Fsp3) is 0.333. The molecule has 0 spiro atoms. The number of rotatable bonds is 10. The lowest BCUT2D eigenvalue weighted by atomic mass is 10.2. The fourth-order valence-electron chi connectivity index (χ4n) is 2.55. The lowest BCUT2D eigenvalue weighted by Crippen LogP contribution is -2.29. The summed E-state index contributed by atoms with van der Waals surface area (Å²) in [6, 6.07) is 9.55. The first kappa shape index (κ1) is 23.8. The van der Waals surface area contributed by atoms with Crippen LogP contribution < -0.4 is 24.8 Å². The zero-order valence-corrected chi connectivity index (χ0v) is 17.0. The maximum absolute atomic E-state index is 13.0. The van der Waals surface area contributed by atoms with E-state index >= 15 is 0 Å². The number of ether oxygens (including phenoxy) is 3. The van der Waals surface area contributed by atoms with E-state index in [9.17, 15) is 22.8 Å². The van der Waals surface area contributed by atoms with Gasteiger partial charge in [0.05, 0.1) is 12.7 Å². The third-order valence-electron chi connectivity index (χ3n) is 4.00. The molecule has 2 amide bonds. The molecule has 0 heterocycles. The van der Waals surface area contributed by atoms with Crippen molar-refractivity contribution in [1.82, 2.24) is 10.6 Å². The van der Waals surface area contributed by atoms with Crippen LogP contribution in [0.15, 0.2) is 42.5 Å². The first-order chi connectivity index (χ1) is 14.7. The largest absolute Gasteiger partial charge is 0.493 e. The minimum atomic E-state index is -4.58. The monoisotopic (exact) mass is 440 g/mol. The number of likely N-dealkylation sites (N-methyl/N-ethyl adjacent to an activating group) is 1. The topological polar surface area (TPSA) is 85.9 Å². The predicted molar refractivity (Wildman–Crippen MR) is 106 cm³/mol. The molecule has 31 heavy (non-hydrogen) atoms. The van der Waals surface area contributed by atoms with Crippen LogP contribution >= 0.6 is 0 Å². The van der Waals surface area contributed by atoms with Gasteiger partial charge in [0, 0.05) is 13.1 Å². The molecule has 2 aromatic rings. The number of nitrogens with one attached hydrogen (secondary N) is 2. The number of carbonyl (C=O) groups is 2. The lowest BCUT2D eigenvalue weighted by Gasteiger charge is -2.14. The van der Waals surface area contributed by atoms with Crippen LogP contribution in [0.3, 0.4) is 0 Å². The number of alkyl halides is 3. The molecule has 0 unspecified atom stereocenters. The lowest BCUT2D eigenvalue weighted by molar-refractivity contribution is -0.139. The summed E-state index contributed by atoms with van der Waals surface area (Å²) in [4.78, 5) is 23.5. The SMILES string of the molecule is CCNC(=O)COc1ccc(CNC(=O)COc2ccccc2C(F)(F)F)cc1OC. The molecule has 0 fully saturated rings. The molecule has 0 saturated heterocycles. The van der Waals surface area contributed by atoms with Crippen molar-refractivity contribution in [3.8, 4) is 17.2 Å². The molecule has 0 atom stereocenters. The van der Waals surface area contributed by atoms with Gasteiger partial charge in [-0.1, -0.05) is 18.2 Å². The normalized spacial score (nSPS) is 10.9. The van der Waals surface area contributed by atoms with Crippen molar-refractivity contribution in [3.05, 3.63) is 53.6 Å². The number of hydrogen-bond acceptors (Lipinski definition) is 5. The summed E-state index contributed by atoms with van der Waals surface area (Å²) in [7, 11) is 1.43. The van der Waals surface area contributed by atoms with Gasteiger partial charge in [-0.25, -0.2) is 0 Å². The average Bonchev–Trinajstić information content (AvgIpc) is 2.74. The minimum Gasteiger partial charge on any atom is -0.493 e. The zero-order valence-electron chi connectivity index (χ0n) is 17.0. The number of para-hydroxylation sites is 1. The van der Waals surface area contributed by atoms with Crippen molar-refractivity contribution in [1.29, 1.82) is 0 Å². The summed E-state index contributed by atoms with van der Waals surface area (Å²) >= 11 is 0. The molecule has 10 heteroatoms. The van der Waals surface area contributed by atoms with Crippen LogP contribution in [-0.2, 0) is 22.3 Å². The smallest absolute Gasteiger partial charge is 0.419 e. The zero-order chi connectivity index (χ0) is 22.9. The van der Waals surface area contributed by atoms with Gasteiger partial charge in [0.15, 0.2) is 24.7 Å². The highest BCUT2D eigenvalue weighted by Gasteiger charge is 2.34. The first-order valence-corrected chi connectivity index (χ1v) is 9.36. The minimum absolute atomic E-state index is 0.0933. The highest BCUT2D eigenvalue weighted by molar-refractivity contribution is 5.78. The van der Waals surface area contributed by atoms with Crippen molar-refractivity contribution in [2.24, 2.45) is 0 Å². The van der Waals surface area contributed by atoms with Crippen LogP contribution in [0.1, 0.15) is 18.1 Å². The third-order valence-corrected chi connectivity index (χ3v) is 4.00. The molecule has 0 radical (unpaired) electrons. The quantitative estimate of drug-likeness (QED) is 0.594. The van der Waals surface area contributed by atoms with Crippen molar-refractivity contribution in [2.75, 3.05) is 26.9 Å². The number of benzene rings is 2. The average molecular weight is 440 g/mol. The second-order valence-electron chi connectivity index (χ2n) is 6.29. The molecular formula is C21H23F3N2O5. The Bertz CT molecular complexity index is 903. The first-order valence-electron chi connectivity index (χ1n) is 9.36. The maximum Gasteiger partial charge on any atom is 0.419 e. The van der Waals surface area contributed by atoms with Gasteiger partial charge in [-0.05, 0) is 36.8 Å². The van der Waals surface area contributed by atoms with Crippen molar-refractivity contribution < 1.29 is 37.0 Å². The van der Waals surface area contributed by atoms with Gasteiger partial charge in [-0.3, -0.25) is 9.59 Å². The molecule has 7 nitrogen and oxygen atoms in total. The fourth-order valence-corrected chi connectivity index (χ4v) is 2.55. The Hall–Kier alpha value is -3.43. The molecule has 0 aromatic heterocycles. The summed E-state index contributed by atoms with van der Waals surface area (Å²) in [6.45, 7) is 1.64. The van der Waals surface area contributed by atoms with Gasteiger partial charge in [0.2, 0.25) is 0 Å². The van der Waals surface area contributed by atoms with Gasteiger partial charge in [-0.2, -0.15) is 13.2 Å². The summed E-state index contributed by atoms with van der Waals surface area (Å²) in [5.74, 6) is -0.553. The van der Waals surface area contributed by atoms with Gasteiger partial charge >= 0.3 is 6.18 Å². The number of hydrogen-bond donors (Lipinski definition) is 2. The van der Waals surface area contributed by atoms with Gasteiger partial charge < -0.3 is 24.8 Å². The van der Waals surface area contributed by atoms with E-state index < -0.39 is 30.0 Å². The van der Waals surface area contributed by atoms with Crippen LogP contribution in [0.4, 0.5) is 13.2 Å². The third kappa shape index (κ3) is 7.40. The summed E-state index contributed by atoms with van der Waals surface area (Å²) < 4.78 is 54.6. The highest BCUT2D eigenvalue weighted by atomic mass is 19.4. The number of methoxy groups -OCH3 is 1. The van der Waals surface area contributed by atoms with Crippen LogP contribution in [0.5, 0.6) is 17.2 Å². The highest BCUT2D eigenvalue weighted by Crippen LogP contribution is 2.35. The Morgan fingerprint density at radius 2 is 1.55 bits per heavy atom. The van der Waals surface area contributed by atoms with E-state index in [2.05, 4.69) is 10.6 Å². The Labute approximate surface area is 177 Å². The molecule has 2 rings (SSSR count). The molecule has 2 aromatic carbocycles. The number of halogens is 3. The van der Waals surface area contributed by atoms with Crippen molar-refractivity contribution in [2.45, 2.75) is 19.6 Å². The van der Waals surface area contributed by atoms with E-state index in [0.717, 1.165) is 12.1 Å². The molecule has 0 bridgehead atoms. The molecule has 0 aliphatic rings. The Morgan fingerprint density at radius 1 is 0.903 bits per heavy atom. The second-order valence-corrected chi connectivity index (χ2v) is 6.29. The molecule has 168 valence electrons. The molecule has 2 N–H and O–H groups in total. The van der Waals surface area contributed by atoms with E-state index in [1.807, 2.05) is 0 Å². The second kappa shape index (κ2) is 11.1. The Morgan fingerprint density at radius 3 is 2.19 bits per heavy atom. The van der Waals surface area contributed by atoms with Crippen LogP contribution in [0.2, 0.25) is 0 Å². The molecule has 0 aliphatic carbocycles. The standard InChI is InChI=1S/C21H23F3N2O5/c1-3-25-19(27)12-31-17-9-8-14(10-18(17)29-2)11-26-20(28)13-30-16-7-5-4-6-15(16)21(22,23)24/h4-10H,3,11-13H2,1-2H3,(H,25,27)(H,26,28). The summed E-state index contributed by atoms with van der Waals surface area (Å²) in [6.07, 6.45) is -4.58. The van der Waals surface area contributed by atoms with E-state index in [4.69, 9.17) is 14.2 Å². The maximum atomic E-state index is 13.0. The van der Waals surface area contributed by atoms with Crippen LogP contribution in [0, 0.1) is 0 Å². The summed E-state index contributed by atoms with van der Waals surface area (Å²) in [5, 5.41) is 5.17. The summed E-state index contributed by atoms with van der Waals surface area (Å²) in [5.41, 5.74) is -0.290. The van der Waals surface area contributed by atoms with Gasteiger partial charge in [-0.15, -0.1) is 0 Å². The van der Waals surface area contributed by atoms with E-state index in [0.29, 0.717) is 23.6 Å². The Kier molecular flexibility index (Phi) is 8.53. The van der Waals surface area contributed by atoms with E-state index in [1.165, 1.54) is 19.2 Å². The Balaban J connectivity index is 1.90. The molecular weight excluding hydrogens is 417 g/mol. The van der Waals surface area contributed by atoms with E-state index in [-0.39, 0.29) is 19.1 Å². The van der Waals surface area contributed by atoms with E-state index in [1.54, 1.807) is 25.1 Å². The van der Waals surface area contributed by atoms with Crippen LogP contribution in [-0.4, -0.2) is 38.7 Å². The molecule has 0 saturated carbocycles. The number of carbonyl (C=O) groups excluding carboxylic acids is 2. The number of amides is 2. The van der Waals surface area contributed by atoms with Gasteiger partial charge in [0.25, 0.3) is 11.8 Å². The van der Waals surface area contributed by atoms with Crippen LogP contribution in [0.25, 0.3) is 0 Å². The predicted octanol–water partition coefficient (Wildman–Crippen LogP) is 2.92. The van der Waals surface area contributed by atoms with Gasteiger partial charge in [0.1, 0.15) is 5.75 Å². The molecule has 0 aliphatic heterocycles.